The van der Waals surface area contributed by atoms with Crippen molar-refractivity contribution in [2.45, 2.75) is 6.10 Å². The van der Waals surface area contributed by atoms with Crippen LogP contribution in [-0.2, 0) is 4.74 Å². The zero-order valence-corrected chi connectivity index (χ0v) is 15.4. The molecule has 1 aliphatic rings. The van der Waals surface area contributed by atoms with Gasteiger partial charge < -0.3 is 9.47 Å². The maximum atomic E-state index is 13.6. The molecular weight excluding hydrogens is 372 g/mol. The summed E-state index contributed by atoms with van der Waals surface area (Å²) in [6, 6.07) is 22.6. The van der Waals surface area contributed by atoms with E-state index in [9.17, 15) is 14.9 Å². The molecule has 29 heavy (non-hydrogen) atoms. The van der Waals surface area contributed by atoms with Gasteiger partial charge in [-0.1, -0.05) is 42.5 Å². The monoisotopic (exact) mass is 390 g/mol. The van der Waals surface area contributed by atoms with Crippen LogP contribution in [0.25, 0.3) is 0 Å². The maximum Gasteiger partial charge on any atom is 0.311 e. The molecule has 3 aromatic rings. The molecule has 0 aliphatic carbocycles. The highest BCUT2D eigenvalue weighted by atomic mass is 16.6. The Morgan fingerprint density at radius 3 is 2.10 bits per heavy atom. The van der Waals surface area contributed by atoms with Crippen molar-refractivity contribution in [3.63, 3.8) is 0 Å². The molecule has 3 aromatic carbocycles. The molecular formula is C22H18N2O5. The van der Waals surface area contributed by atoms with Crippen LogP contribution in [0.4, 0.5) is 17.1 Å². The highest BCUT2D eigenvalue weighted by Gasteiger charge is 2.30. The second-order valence-corrected chi connectivity index (χ2v) is 6.49. The summed E-state index contributed by atoms with van der Waals surface area (Å²) in [5.41, 5.74) is 1.16. The van der Waals surface area contributed by atoms with Gasteiger partial charge in [-0.3, -0.25) is 19.8 Å². The molecule has 0 saturated carbocycles. The van der Waals surface area contributed by atoms with Gasteiger partial charge in [-0.2, -0.15) is 0 Å². The molecule has 7 heteroatoms. The Morgan fingerprint density at radius 2 is 1.59 bits per heavy atom. The third-order valence-electron chi connectivity index (χ3n) is 4.47. The largest absolute Gasteiger partial charge is 0.483 e. The molecule has 1 saturated heterocycles. The average Bonchev–Trinajstić information content (AvgIpc) is 3.58. The van der Waals surface area contributed by atoms with Crippen LogP contribution in [0, 0.1) is 10.1 Å². The van der Waals surface area contributed by atoms with Gasteiger partial charge in [0.2, 0.25) is 5.75 Å². The van der Waals surface area contributed by atoms with E-state index < -0.39 is 10.8 Å². The van der Waals surface area contributed by atoms with E-state index in [0.717, 1.165) is 0 Å². The zero-order valence-electron chi connectivity index (χ0n) is 15.4. The lowest BCUT2D eigenvalue weighted by molar-refractivity contribution is -0.385. The van der Waals surface area contributed by atoms with Gasteiger partial charge in [-0.15, -0.1) is 0 Å². The fourth-order valence-electron chi connectivity index (χ4n) is 2.99. The number of ether oxygens (including phenoxy) is 2. The number of carbonyl (C=O) groups excluding carboxylic acids is 1. The first-order valence-electron chi connectivity index (χ1n) is 9.11. The van der Waals surface area contributed by atoms with Crippen molar-refractivity contribution in [2.75, 3.05) is 18.1 Å². The first-order chi connectivity index (χ1) is 14.1. The van der Waals surface area contributed by atoms with Gasteiger partial charge in [0, 0.05) is 17.4 Å². The summed E-state index contributed by atoms with van der Waals surface area (Å²) >= 11 is 0. The van der Waals surface area contributed by atoms with Crippen LogP contribution >= 0.6 is 0 Å². The SMILES string of the molecule is O=C(c1cccc([N+](=O)[O-])c1OCC1CO1)N(c1ccccc1)c1ccccc1. The van der Waals surface area contributed by atoms with E-state index in [1.807, 2.05) is 36.4 Å². The second kappa shape index (κ2) is 8.12. The van der Waals surface area contributed by atoms with Crippen molar-refractivity contribution in [1.29, 1.82) is 0 Å². The van der Waals surface area contributed by atoms with E-state index in [1.54, 1.807) is 24.3 Å². The standard InChI is InChI=1S/C22H18N2O5/c25-22(23(16-8-3-1-4-9-16)17-10-5-2-6-11-17)19-12-7-13-20(24(26)27)21(19)29-15-18-14-28-18/h1-13,18H,14-15H2. The van der Waals surface area contributed by atoms with E-state index in [-0.39, 0.29) is 29.7 Å². The quantitative estimate of drug-likeness (QED) is 0.340. The summed E-state index contributed by atoms with van der Waals surface area (Å²) in [6.07, 6.45) is -0.0999. The lowest BCUT2D eigenvalue weighted by Crippen LogP contribution is -2.27. The molecule has 0 aromatic heterocycles. The van der Waals surface area contributed by atoms with E-state index in [4.69, 9.17) is 9.47 Å². The number of para-hydroxylation sites is 3. The minimum atomic E-state index is -0.546. The second-order valence-electron chi connectivity index (χ2n) is 6.49. The van der Waals surface area contributed by atoms with Crippen molar-refractivity contribution in [3.8, 4) is 5.75 Å². The van der Waals surface area contributed by atoms with Crippen molar-refractivity contribution in [3.05, 3.63) is 94.5 Å². The fourth-order valence-corrected chi connectivity index (χ4v) is 2.99. The number of nitro groups is 1. The molecule has 1 unspecified atom stereocenters. The smallest absolute Gasteiger partial charge is 0.311 e. The van der Waals surface area contributed by atoms with E-state index in [1.165, 1.54) is 23.1 Å². The molecule has 1 amide bonds. The molecule has 0 bridgehead atoms. The van der Waals surface area contributed by atoms with Crippen molar-refractivity contribution >= 4 is 23.0 Å². The summed E-state index contributed by atoms with van der Waals surface area (Å²) in [5, 5.41) is 11.5. The lowest BCUT2D eigenvalue weighted by atomic mass is 10.1. The molecule has 0 N–H and O–H groups in total. The molecule has 0 radical (unpaired) electrons. The number of nitro benzene ring substituents is 1. The molecule has 1 aliphatic heterocycles. The van der Waals surface area contributed by atoms with Crippen molar-refractivity contribution < 1.29 is 19.2 Å². The first-order valence-corrected chi connectivity index (χ1v) is 9.11. The highest BCUT2D eigenvalue weighted by molar-refractivity contribution is 6.12. The number of hydrogen-bond acceptors (Lipinski definition) is 5. The number of amides is 1. The summed E-state index contributed by atoms with van der Waals surface area (Å²) < 4.78 is 10.8. The minimum absolute atomic E-state index is 0.0464. The molecule has 146 valence electrons. The van der Waals surface area contributed by atoms with Crippen LogP contribution in [0.2, 0.25) is 0 Å². The number of hydrogen-bond donors (Lipinski definition) is 0. The normalized spacial score (nSPS) is 14.8. The number of carbonyl (C=O) groups is 1. The number of anilines is 2. The van der Waals surface area contributed by atoms with Crippen molar-refractivity contribution in [1.82, 2.24) is 0 Å². The molecule has 1 fully saturated rings. The Labute approximate surface area is 167 Å². The number of nitrogens with zero attached hydrogens (tertiary/aromatic N) is 2. The number of epoxide rings is 1. The molecule has 7 nitrogen and oxygen atoms in total. The van der Waals surface area contributed by atoms with Crippen molar-refractivity contribution in [2.24, 2.45) is 0 Å². The van der Waals surface area contributed by atoms with E-state index in [2.05, 4.69) is 0 Å². The predicted molar refractivity (Wildman–Crippen MR) is 108 cm³/mol. The van der Waals surface area contributed by atoms with Gasteiger partial charge >= 0.3 is 5.69 Å². The third-order valence-corrected chi connectivity index (χ3v) is 4.47. The van der Waals surface area contributed by atoms with Crippen LogP contribution in [0.5, 0.6) is 5.75 Å². The molecule has 0 spiro atoms. The predicted octanol–water partition coefficient (Wildman–Crippen LogP) is 4.35. The van der Waals surface area contributed by atoms with Gasteiger partial charge in [0.25, 0.3) is 5.91 Å². The Morgan fingerprint density at radius 1 is 1.00 bits per heavy atom. The highest BCUT2D eigenvalue weighted by Crippen LogP contribution is 2.35. The fraction of sp³-hybridized carbons (Fsp3) is 0.136. The average molecular weight is 390 g/mol. The van der Waals surface area contributed by atoms with Crippen LogP contribution in [0.3, 0.4) is 0 Å². The zero-order chi connectivity index (χ0) is 20.2. The molecule has 1 atom stereocenters. The van der Waals surface area contributed by atoms with Crippen LogP contribution in [0.15, 0.2) is 78.9 Å². The summed E-state index contributed by atoms with van der Waals surface area (Å²) in [5.74, 6) is -0.465. The minimum Gasteiger partial charge on any atom is -0.483 e. The molecule has 4 rings (SSSR count). The van der Waals surface area contributed by atoms with Crippen LogP contribution in [0.1, 0.15) is 10.4 Å². The maximum absolute atomic E-state index is 13.6. The lowest BCUT2D eigenvalue weighted by Gasteiger charge is -2.24. The summed E-state index contributed by atoms with van der Waals surface area (Å²) in [6.45, 7) is 0.700. The Bertz CT molecular complexity index is 980. The number of benzene rings is 3. The molecule has 1 heterocycles. The van der Waals surface area contributed by atoms with Gasteiger partial charge in [-0.25, -0.2) is 0 Å². The first kappa shape index (κ1) is 18.6. The summed E-state index contributed by atoms with van der Waals surface area (Å²) in [4.78, 5) is 26.1. The van der Waals surface area contributed by atoms with E-state index in [0.29, 0.717) is 18.0 Å². The Kier molecular flexibility index (Phi) is 5.22. The van der Waals surface area contributed by atoms with Crippen LogP contribution < -0.4 is 9.64 Å². The van der Waals surface area contributed by atoms with E-state index >= 15 is 0 Å². The Balaban J connectivity index is 1.79. The summed E-state index contributed by atoms with van der Waals surface area (Å²) in [7, 11) is 0. The van der Waals surface area contributed by atoms with Gasteiger partial charge in [0.1, 0.15) is 12.7 Å². The van der Waals surface area contributed by atoms with Crippen LogP contribution in [-0.4, -0.2) is 30.1 Å². The number of rotatable bonds is 7. The topological polar surface area (TPSA) is 85.2 Å². The third kappa shape index (κ3) is 4.09. The Hall–Kier alpha value is -3.71. The van der Waals surface area contributed by atoms with Gasteiger partial charge in [0.15, 0.2) is 0 Å². The van der Waals surface area contributed by atoms with Gasteiger partial charge in [-0.05, 0) is 30.3 Å². The van der Waals surface area contributed by atoms with Gasteiger partial charge in [0.05, 0.1) is 17.1 Å².